The summed E-state index contributed by atoms with van der Waals surface area (Å²) in [6.07, 6.45) is 0.738. The Balaban J connectivity index is 2.02. The molecule has 0 aromatic heterocycles. The lowest BCUT2D eigenvalue weighted by Gasteiger charge is -2.32. The number of hydrogen-bond acceptors (Lipinski definition) is 5. The molecule has 39 heavy (non-hydrogen) atoms. The number of rotatable bonds is 12. The van der Waals surface area contributed by atoms with E-state index in [4.69, 9.17) is 16.3 Å². The van der Waals surface area contributed by atoms with Crippen molar-refractivity contribution in [2.24, 2.45) is 0 Å². The molecule has 1 atom stereocenters. The van der Waals surface area contributed by atoms with Gasteiger partial charge < -0.3 is 15.0 Å². The Morgan fingerprint density at radius 1 is 1.03 bits per heavy atom. The maximum atomic E-state index is 13.9. The summed E-state index contributed by atoms with van der Waals surface area (Å²) >= 11 is 6.06. The van der Waals surface area contributed by atoms with Gasteiger partial charge in [0.1, 0.15) is 18.3 Å². The summed E-state index contributed by atoms with van der Waals surface area (Å²) in [5.74, 6) is -0.261. The third kappa shape index (κ3) is 7.74. The molecule has 0 aliphatic heterocycles. The zero-order valence-electron chi connectivity index (χ0n) is 22.6. The average molecular weight is 572 g/mol. The molecular weight excluding hydrogens is 538 g/mol. The van der Waals surface area contributed by atoms with E-state index in [2.05, 4.69) is 5.32 Å². The van der Waals surface area contributed by atoms with Gasteiger partial charge in [0, 0.05) is 18.1 Å². The van der Waals surface area contributed by atoms with Gasteiger partial charge in [0.25, 0.3) is 10.0 Å². The minimum absolute atomic E-state index is 0.0453. The van der Waals surface area contributed by atoms with E-state index in [1.54, 1.807) is 68.6 Å². The van der Waals surface area contributed by atoms with E-state index in [9.17, 15) is 18.0 Å². The highest BCUT2D eigenvalue weighted by molar-refractivity contribution is 7.92. The van der Waals surface area contributed by atoms with Gasteiger partial charge in [-0.25, -0.2) is 8.42 Å². The maximum absolute atomic E-state index is 13.9. The van der Waals surface area contributed by atoms with E-state index < -0.39 is 28.5 Å². The number of halogens is 1. The van der Waals surface area contributed by atoms with Crippen molar-refractivity contribution in [1.29, 1.82) is 0 Å². The van der Waals surface area contributed by atoms with Crippen LogP contribution < -0.4 is 14.4 Å². The highest BCUT2D eigenvalue weighted by Gasteiger charge is 2.32. The second kappa shape index (κ2) is 13.5. The van der Waals surface area contributed by atoms with Crippen LogP contribution in [-0.2, 0) is 26.2 Å². The van der Waals surface area contributed by atoms with Crippen molar-refractivity contribution in [1.82, 2.24) is 10.2 Å². The number of methoxy groups -OCH3 is 1. The number of amides is 2. The first-order chi connectivity index (χ1) is 18.6. The summed E-state index contributed by atoms with van der Waals surface area (Å²) in [6.45, 7) is 5.44. The standard InChI is InChI=1S/C29H34ClN3O5S/c1-5-17-31-29(35)22(3)32(19-23-7-6-8-26(18-23)38-4)28(34)20-33(25-13-11-24(30)12-14-25)39(36,37)27-15-9-21(2)10-16-27/h6-16,18,22H,5,17,19-20H2,1-4H3,(H,31,35). The number of benzene rings is 3. The third-order valence-electron chi connectivity index (χ3n) is 6.21. The van der Waals surface area contributed by atoms with Crippen molar-refractivity contribution in [3.05, 3.63) is 88.9 Å². The molecule has 208 valence electrons. The SMILES string of the molecule is CCCNC(=O)C(C)N(Cc1cccc(OC)c1)C(=O)CN(c1ccc(Cl)cc1)S(=O)(=O)c1ccc(C)cc1. The van der Waals surface area contributed by atoms with Crippen LogP contribution in [0.15, 0.2) is 77.7 Å². The van der Waals surface area contributed by atoms with Crippen LogP contribution in [0, 0.1) is 6.92 Å². The molecule has 0 aliphatic rings. The second-order valence-corrected chi connectivity index (χ2v) is 11.4. The molecule has 0 fully saturated rings. The fourth-order valence-corrected chi connectivity index (χ4v) is 5.46. The molecule has 8 nitrogen and oxygen atoms in total. The first kappa shape index (κ1) is 30.0. The van der Waals surface area contributed by atoms with E-state index in [1.165, 1.54) is 17.0 Å². The van der Waals surface area contributed by atoms with Gasteiger partial charge in [0.2, 0.25) is 11.8 Å². The van der Waals surface area contributed by atoms with Crippen molar-refractivity contribution >= 4 is 39.1 Å². The number of ether oxygens (including phenoxy) is 1. The first-order valence-corrected chi connectivity index (χ1v) is 14.4. The number of carbonyl (C=O) groups excluding carboxylic acids is 2. The molecule has 1 N–H and O–H groups in total. The monoisotopic (exact) mass is 571 g/mol. The van der Waals surface area contributed by atoms with Crippen LogP contribution in [0.25, 0.3) is 0 Å². The quantitative estimate of drug-likeness (QED) is 0.337. The van der Waals surface area contributed by atoms with Gasteiger partial charge in [-0.3, -0.25) is 13.9 Å². The number of aryl methyl sites for hydroxylation is 1. The molecule has 3 aromatic rings. The molecule has 0 bridgehead atoms. The van der Waals surface area contributed by atoms with Gasteiger partial charge in [-0.2, -0.15) is 0 Å². The zero-order chi connectivity index (χ0) is 28.6. The van der Waals surface area contributed by atoms with Crippen LogP contribution in [0.4, 0.5) is 5.69 Å². The van der Waals surface area contributed by atoms with Crippen LogP contribution in [0.5, 0.6) is 5.75 Å². The van der Waals surface area contributed by atoms with Crippen molar-refractivity contribution in [2.75, 3.05) is 24.5 Å². The Kier molecular flexibility index (Phi) is 10.4. The number of nitrogens with zero attached hydrogens (tertiary/aromatic N) is 2. The molecular formula is C29H34ClN3O5S. The van der Waals surface area contributed by atoms with Crippen molar-refractivity contribution in [3.8, 4) is 5.75 Å². The average Bonchev–Trinajstić information content (AvgIpc) is 2.93. The van der Waals surface area contributed by atoms with E-state index in [0.29, 0.717) is 17.3 Å². The summed E-state index contributed by atoms with van der Waals surface area (Å²) in [5, 5.41) is 3.25. The molecule has 2 amide bonds. The number of nitrogens with one attached hydrogen (secondary N) is 1. The zero-order valence-corrected chi connectivity index (χ0v) is 24.1. The lowest BCUT2D eigenvalue weighted by atomic mass is 10.1. The summed E-state index contributed by atoms with van der Waals surface area (Å²) < 4.78 is 34.0. The van der Waals surface area contributed by atoms with E-state index in [-0.39, 0.29) is 23.0 Å². The number of carbonyl (C=O) groups is 2. The Morgan fingerprint density at radius 3 is 2.31 bits per heavy atom. The highest BCUT2D eigenvalue weighted by Crippen LogP contribution is 2.26. The predicted molar refractivity (Wildman–Crippen MR) is 153 cm³/mol. The van der Waals surface area contributed by atoms with Gasteiger partial charge in [-0.05, 0) is 74.4 Å². The van der Waals surface area contributed by atoms with Crippen LogP contribution in [0.1, 0.15) is 31.4 Å². The molecule has 0 spiro atoms. The fourth-order valence-electron chi connectivity index (χ4n) is 3.92. The van der Waals surface area contributed by atoms with E-state index in [0.717, 1.165) is 21.9 Å². The molecule has 0 radical (unpaired) electrons. The lowest BCUT2D eigenvalue weighted by molar-refractivity contribution is -0.139. The normalized spacial score (nSPS) is 11.9. The molecule has 0 heterocycles. The third-order valence-corrected chi connectivity index (χ3v) is 8.25. The summed E-state index contributed by atoms with van der Waals surface area (Å²) in [4.78, 5) is 28.2. The van der Waals surface area contributed by atoms with E-state index in [1.807, 2.05) is 19.9 Å². The van der Waals surface area contributed by atoms with Crippen molar-refractivity contribution in [3.63, 3.8) is 0 Å². The Labute approximate surface area is 235 Å². The molecule has 0 saturated heterocycles. The first-order valence-electron chi connectivity index (χ1n) is 12.6. The van der Waals surface area contributed by atoms with Gasteiger partial charge in [0.15, 0.2) is 0 Å². The van der Waals surface area contributed by atoms with Crippen LogP contribution in [0.3, 0.4) is 0 Å². The van der Waals surface area contributed by atoms with Crippen LogP contribution >= 0.6 is 11.6 Å². The molecule has 3 aromatic carbocycles. The highest BCUT2D eigenvalue weighted by atomic mass is 35.5. The fraction of sp³-hybridized carbons (Fsp3) is 0.310. The smallest absolute Gasteiger partial charge is 0.264 e. The van der Waals surface area contributed by atoms with Crippen LogP contribution in [0.2, 0.25) is 5.02 Å². The van der Waals surface area contributed by atoms with Gasteiger partial charge in [-0.1, -0.05) is 48.4 Å². The molecule has 3 rings (SSSR count). The number of anilines is 1. The molecule has 1 unspecified atom stereocenters. The van der Waals surface area contributed by atoms with Crippen molar-refractivity contribution < 1.29 is 22.7 Å². The molecule has 10 heteroatoms. The maximum Gasteiger partial charge on any atom is 0.264 e. The van der Waals surface area contributed by atoms with Crippen LogP contribution in [-0.4, -0.2) is 51.4 Å². The lowest BCUT2D eigenvalue weighted by Crippen LogP contribution is -2.51. The van der Waals surface area contributed by atoms with Gasteiger partial charge in [-0.15, -0.1) is 0 Å². The van der Waals surface area contributed by atoms with Gasteiger partial charge in [0.05, 0.1) is 17.7 Å². The topological polar surface area (TPSA) is 96.0 Å². The largest absolute Gasteiger partial charge is 0.497 e. The minimum Gasteiger partial charge on any atom is -0.497 e. The summed E-state index contributed by atoms with van der Waals surface area (Å²) in [7, 11) is -2.59. The summed E-state index contributed by atoms with van der Waals surface area (Å²) in [6, 6.07) is 18.9. The second-order valence-electron chi connectivity index (χ2n) is 9.14. The Morgan fingerprint density at radius 2 is 1.69 bits per heavy atom. The number of hydrogen-bond donors (Lipinski definition) is 1. The Hall–Kier alpha value is -3.56. The molecule has 0 aliphatic carbocycles. The Bertz CT molecular complexity index is 1380. The predicted octanol–water partition coefficient (Wildman–Crippen LogP) is 4.80. The van der Waals surface area contributed by atoms with Gasteiger partial charge >= 0.3 is 0 Å². The summed E-state index contributed by atoms with van der Waals surface area (Å²) in [5.41, 5.74) is 1.91. The molecule has 0 saturated carbocycles. The number of sulfonamides is 1. The minimum atomic E-state index is -4.13. The van der Waals surface area contributed by atoms with Crippen molar-refractivity contribution in [2.45, 2.75) is 44.7 Å². The van der Waals surface area contributed by atoms with E-state index >= 15 is 0 Å².